The molecule has 1 atom stereocenters. The largest absolute Gasteiger partial charge is 0.401 e. The third kappa shape index (κ3) is 4.31. The molecule has 1 heterocycles. The first kappa shape index (κ1) is 13.8. The lowest BCUT2D eigenvalue weighted by Crippen LogP contribution is -2.28. The minimum atomic E-state index is -4.25. The van der Waals surface area contributed by atoms with E-state index < -0.39 is 11.4 Å². The minimum Gasteiger partial charge on any atom is -0.330 e. The molecule has 0 amide bonds. The first-order valence-corrected chi connectivity index (χ1v) is 6.15. The monoisotopic (exact) mass is 314 g/mol. The van der Waals surface area contributed by atoms with Crippen molar-refractivity contribution in [3.05, 3.63) is 22.8 Å². The molecule has 0 spiro atoms. The highest BCUT2D eigenvalue weighted by atomic mass is 79.9. The van der Waals surface area contributed by atoms with E-state index in [-0.39, 0.29) is 13.0 Å². The van der Waals surface area contributed by atoms with Gasteiger partial charge in [0.15, 0.2) is 0 Å². The Balaban J connectivity index is 2.72. The van der Waals surface area contributed by atoms with E-state index in [2.05, 4.69) is 20.9 Å². The molecule has 7 heteroatoms. The van der Waals surface area contributed by atoms with Crippen LogP contribution < -0.4 is 5.73 Å². The quantitative estimate of drug-likeness (QED) is 0.867. The van der Waals surface area contributed by atoms with Gasteiger partial charge in [0.2, 0.25) is 0 Å². The average molecular weight is 315 g/mol. The van der Waals surface area contributed by atoms with Crippen LogP contribution in [0.2, 0.25) is 0 Å². The van der Waals surface area contributed by atoms with Crippen LogP contribution >= 0.6 is 27.7 Å². The molecule has 0 radical (unpaired) electrons. The number of alkyl halides is 3. The molecule has 0 saturated carbocycles. The van der Waals surface area contributed by atoms with E-state index in [0.29, 0.717) is 16.8 Å². The van der Waals surface area contributed by atoms with Gasteiger partial charge in [-0.1, -0.05) is 11.8 Å². The maximum absolute atomic E-state index is 12.6. The lowest BCUT2D eigenvalue weighted by molar-refractivity contribution is -0.129. The van der Waals surface area contributed by atoms with E-state index >= 15 is 0 Å². The van der Waals surface area contributed by atoms with Crippen LogP contribution in [0.4, 0.5) is 13.2 Å². The zero-order chi connectivity index (χ0) is 12.2. The molecule has 2 N–H and O–H groups in total. The summed E-state index contributed by atoms with van der Waals surface area (Å²) in [6.45, 7) is 0.00764. The fourth-order valence-electron chi connectivity index (χ4n) is 1.02. The number of hydrogen-bond acceptors (Lipinski definition) is 3. The molecule has 1 unspecified atom stereocenters. The maximum atomic E-state index is 12.6. The van der Waals surface area contributed by atoms with Crippen LogP contribution in [0.25, 0.3) is 0 Å². The number of halogens is 4. The van der Waals surface area contributed by atoms with Gasteiger partial charge in [0.05, 0.1) is 5.03 Å². The van der Waals surface area contributed by atoms with Gasteiger partial charge in [0, 0.05) is 10.7 Å². The second kappa shape index (κ2) is 5.88. The van der Waals surface area contributed by atoms with E-state index in [9.17, 15) is 13.2 Å². The summed E-state index contributed by atoms with van der Waals surface area (Å²) in [6, 6.07) is 3.20. The summed E-state index contributed by atoms with van der Waals surface area (Å²) < 4.78 is 38.4. The zero-order valence-corrected chi connectivity index (χ0v) is 10.6. The average Bonchev–Trinajstić information content (AvgIpc) is 2.19. The van der Waals surface area contributed by atoms with Crippen molar-refractivity contribution >= 4 is 27.7 Å². The number of pyridine rings is 1. The molecule has 0 aliphatic rings. The first-order chi connectivity index (χ1) is 7.43. The van der Waals surface area contributed by atoms with Gasteiger partial charge in [-0.15, -0.1) is 0 Å². The Bertz CT molecular complexity index is 329. The van der Waals surface area contributed by atoms with Gasteiger partial charge in [-0.05, 0) is 41.0 Å². The number of hydrogen-bond donors (Lipinski definition) is 1. The summed E-state index contributed by atoms with van der Waals surface area (Å²) in [6.07, 6.45) is -2.89. The summed E-state index contributed by atoms with van der Waals surface area (Å²) in [4.78, 5) is 3.89. The number of rotatable bonds is 4. The Hall–Kier alpha value is -0.270. The number of aromatic nitrogens is 1. The molecular formula is C9H10BrF3N2S. The van der Waals surface area contributed by atoms with Gasteiger partial charge in [-0.2, -0.15) is 13.2 Å². The lowest BCUT2D eigenvalue weighted by Gasteiger charge is -2.18. The molecular weight excluding hydrogens is 305 g/mol. The van der Waals surface area contributed by atoms with Crippen LogP contribution in [0.15, 0.2) is 27.8 Å². The smallest absolute Gasteiger partial charge is 0.330 e. The molecule has 90 valence electrons. The second-order valence-corrected chi connectivity index (χ2v) is 5.18. The summed E-state index contributed by atoms with van der Waals surface area (Å²) in [7, 11) is 0. The molecule has 0 aliphatic heterocycles. The summed E-state index contributed by atoms with van der Waals surface area (Å²) in [5.74, 6) is 0. The third-order valence-electron chi connectivity index (χ3n) is 1.76. The van der Waals surface area contributed by atoms with Crippen molar-refractivity contribution in [1.82, 2.24) is 4.98 Å². The molecule has 1 aromatic heterocycles. The molecule has 0 bridgehead atoms. The van der Waals surface area contributed by atoms with Crippen molar-refractivity contribution in [3.63, 3.8) is 0 Å². The van der Waals surface area contributed by atoms with Gasteiger partial charge >= 0.3 is 6.18 Å². The summed E-state index contributed by atoms with van der Waals surface area (Å²) >= 11 is 3.86. The van der Waals surface area contributed by atoms with Crippen LogP contribution in [0.3, 0.4) is 0 Å². The minimum absolute atomic E-state index is 0.00764. The Morgan fingerprint density at radius 3 is 2.56 bits per heavy atom. The van der Waals surface area contributed by atoms with Gasteiger partial charge in [0.25, 0.3) is 0 Å². The number of thioether (sulfide) groups is 1. The van der Waals surface area contributed by atoms with Crippen molar-refractivity contribution in [2.24, 2.45) is 5.73 Å². The van der Waals surface area contributed by atoms with Crippen molar-refractivity contribution in [3.8, 4) is 0 Å². The van der Waals surface area contributed by atoms with Crippen LogP contribution in [0.5, 0.6) is 0 Å². The molecule has 0 fully saturated rings. The maximum Gasteiger partial charge on any atom is 0.401 e. The zero-order valence-electron chi connectivity index (χ0n) is 8.17. The van der Waals surface area contributed by atoms with Crippen molar-refractivity contribution in [2.45, 2.75) is 22.9 Å². The molecule has 0 aromatic carbocycles. The second-order valence-electron chi connectivity index (χ2n) is 3.04. The SMILES string of the molecule is NCCC(Sc1ccc(Br)cn1)C(F)(F)F. The van der Waals surface area contributed by atoms with E-state index in [4.69, 9.17) is 5.73 Å². The Kier molecular flexibility index (Phi) is 5.07. The van der Waals surface area contributed by atoms with Gasteiger partial charge in [0.1, 0.15) is 5.25 Å². The molecule has 16 heavy (non-hydrogen) atoms. The fraction of sp³-hybridized carbons (Fsp3) is 0.444. The van der Waals surface area contributed by atoms with Gasteiger partial charge in [-0.3, -0.25) is 0 Å². The van der Waals surface area contributed by atoms with Crippen molar-refractivity contribution in [2.75, 3.05) is 6.54 Å². The highest BCUT2D eigenvalue weighted by molar-refractivity contribution is 9.10. The molecule has 2 nitrogen and oxygen atoms in total. The Labute approximate surface area is 104 Å². The Morgan fingerprint density at radius 1 is 1.44 bits per heavy atom. The van der Waals surface area contributed by atoms with Gasteiger partial charge < -0.3 is 5.73 Å². The van der Waals surface area contributed by atoms with Crippen molar-refractivity contribution < 1.29 is 13.2 Å². The van der Waals surface area contributed by atoms with Gasteiger partial charge in [-0.25, -0.2) is 4.98 Å². The predicted molar refractivity (Wildman–Crippen MR) is 61.3 cm³/mol. The Morgan fingerprint density at radius 2 is 2.12 bits per heavy atom. The lowest BCUT2D eigenvalue weighted by atomic mass is 10.3. The van der Waals surface area contributed by atoms with E-state index in [1.165, 1.54) is 6.20 Å². The van der Waals surface area contributed by atoms with Crippen LogP contribution in [-0.2, 0) is 0 Å². The predicted octanol–water partition coefficient (Wildman–Crippen LogP) is 3.22. The van der Waals surface area contributed by atoms with Crippen LogP contribution in [0.1, 0.15) is 6.42 Å². The molecule has 0 aliphatic carbocycles. The molecule has 1 rings (SSSR count). The topological polar surface area (TPSA) is 38.9 Å². The van der Waals surface area contributed by atoms with Crippen molar-refractivity contribution in [1.29, 1.82) is 0 Å². The fourth-order valence-corrected chi connectivity index (χ4v) is 2.19. The third-order valence-corrected chi connectivity index (χ3v) is 3.50. The molecule has 1 aromatic rings. The van der Waals surface area contributed by atoms with E-state index in [1.807, 2.05) is 0 Å². The highest BCUT2D eigenvalue weighted by Crippen LogP contribution is 2.36. The normalized spacial score (nSPS) is 13.8. The summed E-state index contributed by atoms with van der Waals surface area (Å²) in [5.41, 5.74) is 5.16. The number of nitrogens with two attached hydrogens (primary N) is 1. The van der Waals surface area contributed by atoms with Crippen LogP contribution in [-0.4, -0.2) is 23.0 Å². The van der Waals surface area contributed by atoms with E-state index in [0.717, 1.165) is 4.47 Å². The molecule has 0 saturated heterocycles. The summed E-state index contributed by atoms with van der Waals surface area (Å²) in [5, 5.41) is -1.15. The standard InChI is InChI=1S/C9H10BrF3N2S/c10-6-1-2-8(15-5-6)16-7(3-4-14)9(11,12)13/h1-2,5,7H,3-4,14H2. The highest BCUT2D eigenvalue weighted by Gasteiger charge is 2.39. The van der Waals surface area contributed by atoms with E-state index in [1.54, 1.807) is 12.1 Å². The van der Waals surface area contributed by atoms with Crippen LogP contribution in [0, 0.1) is 0 Å². The number of nitrogens with zero attached hydrogens (tertiary/aromatic N) is 1. The first-order valence-electron chi connectivity index (χ1n) is 4.48.